The third-order valence-corrected chi connectivity index (χ3v) is 3.66. The van der Waals surface area contributed by atoms with Crippen molar-refractivity contribution in [1.82, 2.24) is 14.1 Å². The van der Waals surface area contributed by atoms with Gasteiger partial charge < -0.3 is 9.13 Å². The number of rotatable bonds is 2. The van der Waals surface area contributed by atoms with Crippen molar-refractivity contribution in [3.8, 4) is 11.4 Å². The molecule has 0 unspecified atom stereocenters. The van der Waals surface area contributed by atoms with Crippen molar-refractivity contribution in [1.29, 1.82) is 0 Å². The molecule has 0 aliphatic carbocycles. The molecule has 0 bridgehead atoms. The highest BCUT2D eigenvalue weighted by Crippen LogP contribution is 2.24. The minimum Gasteiger partial charge on any atom is -0.327 e. The van der Waals surface area contributed by atoms with Gasteiger partial charge in [-0.15, -0.1) is 0 Å². The number of hydrogen-bond acceptors (Lipinski definition) is 3. The van der Waals surface area contributed by atoms with E-state index in [4.69, 9.17) is 0 Å². The molecule has 0 N–H and O–H groups in total. The van der Waals surface area contributed by atoms with E-state index in [0.29, 0.717) is 11.1 Å². The molecule has 0 saturated heterocycles. The summed E-state index contributed by atoms with van der Waals surface area (Å²) in [7, 11) is 3.65. The maximum atomic E-state index is 11.8. The monoisotopic (exact) mass is 281 g/mol. The smallest absolute Gasteiger partial charge is 0.253 e. The van der Waals surface area contributed by atoms with E-state index in [2.05, 4.69) is 4.98 Å². The molecule has 5 nitrogen and oxygen atoms in total. The highest BCUT2D eigenvalue weighted by Gasteiger charge is 2.12. The number of pyridine rings is 1. The zero-order chi connectivity index (χ0) is 15.1. The summed E-state index contributed by atoms with van der Waals surface area (Å²) in [6.45, 7) is 1.79. The molecule has 2 heterocycles. The summed E-state index contributed by atoms with van der Waals surface area (Å²) in [5.41, 5.74) is 3.85. The number of hydrogen-bond donors (Lipinski definition) is 0. The molecule has 0 aliphatic heterocycles. The van der Waals surface area contributed by atoms with Gasteiger partial charge in [0.25, 0.3) is 5.56 Å². The number of benzene rings is 1. The van der Waals surface area contributed by atoms with Crippen LogP contribution in [0, 0.1) is 6.92 Å². The second kappa shape index (κ2) is 4.70. The van der Waals surface area contributed by atoms with Gasteiger partial charge in [0.2, 0.25) is 0 Å². The van der Waals surface area contributed by atoms with Crippen LogP contribution >= 0.6 is 0 Å². The number of carbonyl (C=O) groups excluding carboxylic acids is 1. The molecule has 1 aromatic carbocycles. The molecule has 21 heavy (non-hydrogen) atoms. The van der Waals surface area contributed by atoms with Crippen molar-refractivity contribution in [3.63, 3.8) is 0 Å². The van der Waals surface area contributed by atoms with Crippen molar-refractivity contribution in [2.75, 3.05) is 0 Å². The minimum absolute atomic E-state index is 0.0132. The lowest BCUT2D eigenvalue weighted by Gasteiger charge is -2.06. The summed E-state index contributed by atoms with van der Waals surface area (Å²) in [6.07, 6.45) is 2.58. The molecule has 0 amide bonds. The Kier molecular flexibility index (Phi) is 2.97. The molecule has 0 radical (unpaired) electrons. The normalized spacial score (nSPS) is 11.0. The van der Waals surface area contributed by atoms with Crippen LogP contribution in [0.2, 0.25) is 0 Å². The van der Waals surface area contributed by atoms with Crippen LogP contribution < -0.4 is 5.56 Å². The molecule has 0 atom stereocenters. The number of aromatic nitrogens is 3. The first-order chi connectivity index (χ1) is 10.0. The van der Waals surface area contributed by atoms with E-state index >= 15 is 0 Å². The first-order valence-corrected chi connectivity index (χ1v) is 6.60. The Morgan fingerprint density at radius 1 is 1.19 bits per heavy atom. The van der Waals surface area contributed by atoms with Gasteiger partial charge in [-0.05, 0) is 31.2 Å². The van der Waals surface area contributed by atoms with Crippen LogP contribution in [-0.4, -0.2) is 20.4 Å². The SMILES string of the molecule is Cc1cc(-c2nc3cc(C=O)ccc3n2C)cn(C)c1=O. The largest absolute Gasteiger partial charge is 0.327 e. The molecule has 0 spiro atoms. The summed E-state index contributed by atoms with van der Waals surface area (Å²) in [6, 6.07) is 7.25. The maximum absolute atomic E-state index is 11.8. The van der Waals surface area contributed by atoms with Crippen molar-refractivity contribution in [2.24, 2.45) is 14.1 Å². The Balaban J connectivity index is 2.28. The number of imidazole rings is 1. The number of nitrogens with zero attached hydrogens (tertiary/aromatic N) is 3. The fourth-order valence-corrected chi connectivity index (χ4v) is 2.55. The molecule has 3 rings (SSSR count). The summed E-state index contributed by atoms with van der Waals surface area (Å²) in [5.74, 6) is 0.770. The van der Waals surface area contributed by atoms with Crippen LogP contribution in [0.25, 0.3) is 22.4 Å². The topological polar surface area (TPSA) is 56.9 Å². The quantitative estimate of drug-likeness (QED) is 0.676. The fourth-order valence-electron chi connectivity index (χ4n) is 2.55. The second-order valence-corrected chi connectivity index (χ2v) is 5.19. The molecule has 0 saturated carbocycles. The van der Waals surface area contributed by atoms with Gasteiger partial charge in [0.15, 0.2) is 0 Å². The lowest BCUT2D eigenvalue weighted by Crippen LogP contribution is -2.18. The highest BCUT2D eigenvalue weighted by atomic mass is 16.1. The average Bonchev–Trinajstić information content (AvgIpc) is 2.80. The Morgan fingerprint density at radius 2 is 1.95 bits per heavy atom. The van der Waals surface area contributed by atoms with Gasteiger partial charge in [0, 0.05) is 37.0 Å². The molecular formula is C16H15N3O2. The molecule has 106 valence electrons. The van der Waals surface area contributed by atoms with Gasteiger partial charge in [-0.3, -0.25) is 9.59 Å². The first kappa shape index (κ1) is 13.3. The van der Waals surface area contributed by atoms with Crippen molar-refractivity contribution in [3.05, 3.63) is 51.9 Å². The van der Waals surface area contributed by atoms with Gasteiger partial charge >= 0.3 is 0 Å². The number of fused-ring (bicyclic) bond motifs is 1. The van der Waals surface area contributed by atoms with Gasteiger partial charge in [-0.2, -0.15) is 0 Å². The number of aryl methyl sites for hydroxylation is 3. The van der Waals surface area contributed by atoms with Crippen LogP contribution in [-0.2, 0) is 14.1 Å². The van der Waals surface area contributed by atoms with Crippen LogP contribution in [0.5, 0.6) is 0 Å². The second-order valence-electron chi connectivity index (χ2n) is 5.19. The molecule has 2 aromatic heterocycles. The van der Waals surface area contributed by atoms with E-state index in [1.807, 2.05) is 23.7 Å². The Hall–Kier alpha value is -2.69. The highest BCUT2D eigenvalue weighted by molar-refractivity contribution is 5.87. The summed E-state index contributed by atoms with van der Waals surface area (Å²) in [4.78, 5) is 27.2. The first-order valence-electron chi connectivity index (χ1n) is 6.60. The molecule has 3 aromatic rings. The molecule has 5 heteroatoms. The summed E-state index contributed by atoms with van der Waals surface area (Å²) in [5, 5.41) is 0. The van der Waals surface area contributed by atoms with Crippen LogP contribution in [0.3, 0.4) is 0 Å². The van der Waals surface area contributed by atoms with E-state index in [-0.39, 0.29) is 5.56 Å². The van der Waals surface area contributed by atoms with Gasteiger partial charge in [0.1, 0.15) is 12.1 Å². The predicted octanol–water partition coefficient (Wildman–Crippen LogP) is 2.06. The van der Waals surface area contributed by atoms with Gasteiger partial charge in [-0.1, -0.05) is 0 Å². The Bertz CT molecular complexity index is 893. The standard InChI is InChI=1S/C16H15N3O2/c1-10-6-12(8-18(2)16(10)21)15-17-13-7-11(9-20)4-5-14(13)19(15)3/h4-9H,1-3H3. The van der Waals surface area contributed by atoms with E-state index in [0.717, 1.165) is 28.7 Å². The van der Waals surface area contributed by atoms with Crippen LogP contribution in [0.4, 0.5) is 0 Å². The van der Waals surface area contributed by atoms with Gasteiger partial charge in [0.05, 0.1) is 11.0 Å². The van der Waals surface area contributed by atoms with Crippen LogP contribution in [0.15, 0.2) is 35.3 Å². The summed E-state index contributed by atoms with van der Waals surface area (Å²) >= 11 is 0. The zero-order valence-electron chi connectivity index (χ0n) is 12.1. The number of carbonyl (C=O) groups is 1. The minimum atomic E-state index is -0.0132. The van der Waals surface area contributed by atoms with E-state index in [9.17, 15) is 9.59 Å². The predicted molar refractivity (Wildman–Crippen MR) is 81.5 cm³/mol. The zero-order valence-corrected chi connectivity index (χ0v) is 12.1. The molecule has 0 aliphatic rings. The third kappa shape index (κ3) is 2.07. The number of aldehydes is 1. The molecule has 0 fully saturated rings. The lowest BCUT2D eigenvalue weighted by atomic mass is 10.2. The maximum Gasteiger partial charge on any atom is 0.253 e. The van der Waals surface area contributed by atoms with Gasteiger partial charge in [-0.25, -0.2) is 4.98 Å². The Labute approximate surface area is 121 Å². The summed E-state index contributed by atoms with van der Waals surface area (Å²) < 4.78 is 3.52. The average molecular weight is 281 g/mol. The lowest BCUT2D eigenvalue weighted by molar-refractivity contribution is 0.112. The van der Waals surface area contributed by atoms with E-state index in [1.165, 1.54) is 0 Å². The third-order valence-electron chi connectivity index (χ3n) is 3.66. The van der Waals surface area contributed by atoms with Crippen molar-refractivity contribution < 1.29 is 4.79 Å². The molecular weight excluding hydrogens is 266 g/mol. The van der Waals surface area contributed by atoms with Crippen LogP contribution in [0.1, 0.15) is 15.9 Å². The fraction of sp³-hybridized carbons (Fsp3) is 0.188. The van der Waals surface area contributed by atoms with E-state index < -0.39 is 0 Å². The van der Waals surface area contributed by atoms with Crippen molar-refractivity contribution in [2.45, 2.75) is 6.92 Å². The van der Waals surface area contributed by atoms with Crippen molar-refractivity contribution >= 4 is 17.3 Å². The Morgan fingerprint density at radius 3 is 2.62 bits per heavy atom. The van der Waals surface area contributed by atoms with E-state index in [1.54, 1.807) is 36.9 Å².